The van der Waals surface area contributed by atoms with Gasteiger partial charge in [0.25, 0.3) is 5.91 Å². The SMILES string of the molecule is NC(=O)C1(C2CCC(C(=O)Nc3ccc(F)cc3Cl)CC2)NCN=C1C(=O)NCCC1CC1. The quantitative estimate of drug-likeness (QED) is 0.458. The Bertz CT molecular complexity index is 975. The Kier molecular flexibility index (Phi) is 6.99. The van der Waals surface area contributed by atoms with Crippen LogP contribution in [0.25, 0.3) is 0 Å². The average molecular weight is 478 g/mol. The molecule has 1 aliphatic heterocycles. The summed E-state index contributed by atoms with van der Waals surface area (Å²) >= 11 is 6.01. The normalized spacial score (nSPS) is 27.0. The first-order valence-corrected chi connectivity index (χ1v) is 11.8. The zero-order valence-corrected chi connectivity index (χ0v) is 19.1. The van der Waals surface area contributed by atoms with Crippen LogP contribution in [0.5, 0.6) is 0 Å². The first kappa shape index (κ1) is 23.6. The summed E-state index contributed by atoms with van der Waals surface area (Å²) in [6.07, 6.45) is 5.42. The molecule has 3 amide bonds. The molecule has 1 unspecified atom stereocenters. The highest BCUT2D eigenvalue weighted by Crippen LogP contribution is 2.39. The van der Waals surface area contributed by atoms with Crippen molar-refractivity contribution in [2.75, 3.05) is 18.5 Å². The fourth-order valence-corrected chi connectivity index (χ4v) is 5.15. The third kappa shape index (κ3) is 5.04. The van der Waals surface area contributed by atoms with E-state index in [0.29, 0.717) is 43.8 Å². The summed E-state index contributed by atoms with van der Waals surface area (Å²) in [6.45, 7) is 0.702. The Balaban J connectivity index is 1.38. The summed E-state index contributed by atoms with van der Waals surface area (Å²) < 4.78 is 13.2. The molecule has 1 aromatic rings. The lowest BCUT2D eigenvalue weighted by atomic mass is 9.69. The third-order valence-electron chi connectivity index (χ3n) is 7.01. The number of nitrogens with zero attached hydrogens (tertiary/aromatic N) is 1. The zero-order chi connectivity index (χ0) is 23.6. The molecule has 10 heteroatoms. The van der Waals surface area contributed by atoms with Gasteiger partial charge in [0.1, 0.15) is 17.1 Å². The van der Waals surface area contributed by atoms with Gasteiger partial charge < -0.3 is 16.4 Å². The molecule has 4 rings (SSSR count). The summed E-state index contributed by atoms with van der Waals surface area (Å²) in [5.74, 6) is -1.52. The van der Waals surface area contributed by atoms with E-state index in [1.54, 1.807) is 0 Å². The van der Waals surface area contributed by atoms with Crippen LogP contribution < -0.4 is 21.7 Å². The van der Waals surface area contributed by atoms with Gasteiger partial charge in [-0.3, -0.25) is 24.7 Å². The van der Waals surface area contributed by atoms with E-state index in [0.717, 1.165) is 12.5 Å². The highest BCUT2D eigenvalue weighted by Gasteiger charge is 2.54. The molecule has 5 N–H and O–H groups in total. The maximum Gasteiger partial charge on any atom is 0.267 e. The number of carbonyl (C=O) groups excluding carboxylic acids is 3. The number of hydrogen-bond acceptors (Lipinski definition) is 5. The van der Waals surface area contributed by atoms with Gasteiger partial charge in [-0.25, -0.2) is 4.39 Å². The lowest BCUT2D eigenvalue weighted by Gasteiger charge is -2.39. The number of nitrogens with one attached hydrogen (secondary N) is 3. The van der Waals surface area contributed by atoms with E-state index >= 15 is 0 Å². The van der Waals surface area contributed by atoms with Crippen LogP contribution in [0, 0.1) is 23.6 Å². The number of halogens is 2. The van der Waals surface area contributed by atoms with Crippen molar-refractivity contribution >= 4 is 40.7 Å². The van der Waals surface area contributed by atoms with E-state index in [1.807, 2.05) is 0 Å². The summed E-state index contributed by atoms with van der Waals surface area (Å²) in [7, 11) is 0. The van der Waals surface area contributed by atoms with Crippen LogP contribution in [0.4, 0.5) is 10.1 Å². The molecule has 2 aliphatic carbocycles. The second-order valence-electron chi connectivity index (χ2n) is 9.16. The Hall–Kier alpha value is -2.52. The standard InChI is InChI=1S/C23H29ClFN5O3/c24-17-11-16(25)7-8-18(17)30-20(31)14-3-5-15(6-4-14)23(22(26)33)19(28-12-29-23)21(32)27-10-9-13-1-2-13/h7-8,11,13-15,29H,1-6,9-10,12H2,(H2,26,33)(H,27,32)(H,30,31). The van der Waals surface area contributed by atoms with Gasteiger partial charge in [-0.2, -0.15) is 0 Å². The molecule has 1 atom stereocenters. The predicted molar refractivity (Wildman–Crippen MR) is 123 cm³/mol. The lowest BCUT2D eigenvalue weighted by Crippen LogP contribution is -2.65. The van der Waals surface area contributed by atoms with Crippen LogP contribution >= 0.6 is 11.6 Å². The van der Waals surface area contributed by atoms with Crippen molar-refractivity contribution < 1.29 is 18.8 Å². The number of aliphatic imine (C=N–C) groups is 1. The van der Waals surface area contributed by atoms with Gasteiger partial charge in [0.05, 0.1) is 17.4 Å². The van der Waals surface area contributed by atoms with Gasteiger partial charge in [0, 0.05) is 12.5 Å². The fourth-order valence-electron chi connectivity index (χ4n) is 4.94. The molecule has 2 saturated carbocycles. The molecule has 0 bridgehead atoms. The summed E-state index contributed by atoms with van der Waals surface area (Å²) in [6, 6.07) is 3.81. The third-order valence-corrected chi connectivity index (χ3v) is 7.32. The number of anilines is 1. The van der Waals surface area contributed by atoms with Gasteiger partial charge in [-0.15, -0.1) is 0 Å². The number of primary amides is 1. The van der Waals surface area contributed by atoms with E-state index < -0.39 is 17.3 Å². The largest absolute Gasteiger partial charge is 0.368 e. The Morgan fingerprint density at radius 2 is 1.91 bits per heavy atom. The Morgan fingerprint density at radius 3 is 2.55 bits per heavy atom. The first-order chi connectivity index (χ1) is 15.8. The van der Waals surface area contributed by atoms with Gasteiger partial charge in [0.2, 0.25) is 11.8 Å². The van der Waals surface area contributed by atoms with E-state index in [2.05, 4.69) is 20.9 Å². The van der Waals surface area contributed by atoms with Crippen LogP contribution in [0.15, 0.2) is 23.2 Å². The maximum absolute atomic E-state index is 13.2. The second kappa shape index (κ2) is 9.77. The average Bonchev–Trinajstić information content (AvgIpc) is 3.50. The molecule has 2 fully saturated rings. The van der Waals surface area contributed by atoms with Crippen molar-refractivity contribution in [3.63, 3.8) is 0 Å². The lowest BCUT2D eigenvalue weighted by molar-refractivity contribution is -0.126. The van der Waals surface area contributed by atoms with E-state index in [4.69, 9.17) is 17.3 Å². The number of carbonyl (C=O) groups is 3. The zero-order valence-electron chi connectivity index (χ0n) is 18.3. The summed E-state index contributed by atoms with van der Waals surface area (Å²) in [5.41, 5.74) is 4.99. The minimum Gasteiger partial charge on any atom is -0.368 e. The van der Waals surface area contributed by atoms with Crippen molar-refractivity contribution in [3.8, 4) is 0 Å². The molecule has 8 nitrogen and oxygen atoms in total. The Labute approximate surface area is 196 Å². The van der Waals surface area contributed by atoms with Gasteiger partial charge in [0.15, 0.2) is 0 Å². The van der Waals surface area contributed by atoms with Crippen LogP contribution in [-0.2, 0) is 14.4 Å². The molecule has 0 spiro atoms. The first-order valence-electron chi connectivity index (χ1n) is 11.4. The van der Waals surface area contributed by atoms with Gasteiger partial charge >= 0.3 is 0 Å². The number of amides is 3. The highest BCUT2D eigenvalue weighted by molar-refractivity contribution is 6.47. The minimum atomic E-state index is -1.33. The number of rotatable bonds is 8. The monoisotopic (exact) mass is 477 g/mol. The molecule has 0 radical (unpaired) electrons. The second-order valence-corrected chi connectivity index (χ2v) is 9.57. The molecular formula is C23H29ClFN5O3. The van der Waals surface area contributed by atoms with Crippen molar-refractivity contribution in [1.82, 2.24) is 10.6 Å². The molecule has 3 aliphatic rings. The van der Waals surface area contributed by atoms with E-state index in [1.165, 1.54) is 25.0 Å². The minimum absolute atomic E-state index is 0.133. The molecule has 1 aromatic carbocycles. The van der Waals surface area contributed by atoms with Crippen LogP contribution in [0.1, 0.15) is 44.9 Å². The van der Waals surface area contributed by atoms with Crippen molar-refractivity contribution in [2.24, 2.45) is 28.5 Å². The summed E-state index contributed by atoms with van der Waals surface area (Å²) in [4.78, 5) is 42.5. The number of benzene rings is 1. The number of nitrogens with two attached hydrogens (primary N) is 1. The predicted octanol–water partition coefficient (Wildman–Crippen LogP) is 2.37. The topological polar surface area (TPSA) is 126 Å². The van der Waals surface area contributed by atoms with Crippen LogP contribution in [0.2, 0.25) is 5.02 Å². The maximum atomic E-state index is 13.2. The molecule has 178 valence electrons. The van der Waals surface area contributed by atoms with Crippen molar-refractivity contribution in [3.05, 3.63) is 29.0 Å². The van der Waals surface area contributed by atoms with Gasteiger partial charge in [-0.05, 0) is 62.1 Å². The molecular weight excluding hydrogens is 449 g/mol. The van der Waals surface area contributed by atoms with Crippen molar-refractivity contribution in [2.45, 2.75) is 50.5 Å². The van der Waals surface area contributed by atoms with Gasteiger partial charge in [-0.1, -0.05) is 24.4 Å². The molecule has 0 saturated heterocycles. The van der Waals surface area contributed by atoms with Crippen LogP contribution in [-0.4, -0.2) is 42.2 Å². The molecule has 33 heavy (non-hydrogen) atoms. The fraction of sp³-hybridized carbons (Fsp3) is 0.565. The van der Waals surface area contributed by atoms with Crippen LogP contribution in [0.3, 0.4) is 0 Å². The molecule has 0 aromatic heterocycles. The van der Waals surface area contributed by atoms with E-state index in [-0.39, 0.29) is 41.1 Å². The number of hydrogen-bond donors (Lipinski definition) is 4. The highest BCUT2D eigenvalue weighted by atomic mass is 35.5. The molecule has 1 heterocycles. The Morgan fingerprint density at radius 1 is 1.18 bits per heavy atom. The summed E-state index contributed by atoms with van der Waals surface area (Å²) in [5, 5.41) is 8.86. The van der Waals surface area contributed by atoms with E-state index in [9.17, 15) is 18.8 Å². The van der Waals surface area contributed by atoms with Crippen molar-refractivity contribution in [1.29, 1.82) is 0 Å². The smallest absolute Gasteiger partial charge is 0.267 e.